The molecule has 84 valence electrons. The average molecular weight is 203 g/mol. The lowest BCUT2D eigenvalue weighted by atomic mass is 10.3. The number of methoxy groups -OCH3 is 1. The fourth-order valence-corrected chi connectivity index (χ4v) is 0.969. The summed E-state index contributed by atoms with van der Waals surface area (Å²) in [5, 5.41) is 12.4. The van der Waals surface area contributed by atoms with Crippen molar-refractivity contribution in [3.05, 3.63) is 12.7 Å². The second kappa shape index (κ2) is 9.15. The lowest BCUT2D eigenvalue weighted by Gasteiger charge is -2.15. The quantitative estimate of drug-likeness (QED) is 0.414. The SMILES string of the molecule is C=CCNCC(O)COC(C)COC. The summed E-state index contributed by atoms with van der Waals surface area (Å²) in [5.74, 6) is 0. The predicted molar refractivity (Wildman–Crippen MR) is 56.4 cm³/mol. The molecule has 0 aromatic heterocycles. The molecule has 0 aliphatic carbocycles. The van der Waals surface area contributed by atoms with Crippen molar-refractivity contribution in [2.75, 3.05) is 33.4 Å². The normalized spacial score (nSPS) is 15.1. The minimum absolute atomic E-state index is 0.0223. The van der Waals surface area contributed by atoms with Crippen LogP contribution in [-0.2, 0) is 9.47 Å². The maximum atomic E-state index is 9.43. The molecule has 4 nitrogen and oxygen atoms in total. The summed E-state index contributed by atoms with van der Waals surface area (Å²) >= 11 is 0. The van der Waals surface area contributed by atoms with Gasteiger partial charge in [-0.05, 0) is 6.92 Å². The zero-order valence-corrected chi connectivity index (χ0v) is 9.03. The molecule has 4 heteroatoms. The van der Waals surface area contributed by atoms with Crippen LogP contribution in [0.1, 0.15) is 6.92 Å². The molecule has 0 saturated carbocycles. The van der Waals surface area contributed by atoms with Crippen LogP contribution in [0.4, 0.5) is 0 Å². The Bertz CT molecular complexity index is 141. The van der Waals surface area contributed by atoms with Crippen LogP contribution in [-0.4, -0.2) is 50.7 Å². The van der Waals surface area contributed by atoms with Gasteiger partial charge in [-0.2, -0.15) is 0 Å². The van der Waals surface area contributed by atoms with Gasteiger partial charge in [-0.25, -0.2) is 0 Å². The minimum atomic E-state index is -0.478. The highest BCUT2D eigenvalue weighted by Crippen LogP contribution is 1.93. The van der Waals surface area contributed by atoms with E-state index in [9.17, 15) is 5.11 Å². The molecule has 0 bridgehead atoms. The van der Waals surface area contributed by atoms with Crippen LogP contribution in [0.5, 0.6) is 0 Å². The lowest BCUT2D eigenvalue weighted by Crippen LogP contribution is -2.32. The molecule has 0 rings (SSSR count). The molecule has 2 N–H and O–H groups in total. The lowest BCUT2D eigenvalue weighted by molar-refractivity contribution is -0.0308. The van der Waals surface area contributed by atoms with Gasteiger partial charge >= 0.3 is 0 Å². The van der Waals surface area contributed by atoms with E-state index in [-0.39, 0.29) is 6.10 Å². The van der Waals surface area contributed by atoms with E-state index < -0.39 is 6.10 Å². The first-order valence-corrected chi connectivity index (χ1v) is 4.81. The number of nitrogens with one attached hydrogen (secondary N) is 1. The Morgan fingerprint density at radius 3 is 2.79 bits per heavy atom. The van der Waals surface area contributed by atoms with Crippen LogP contribution in [0.15, 0.2) is 12.7 Å². The summed E-state index contributed by atoms with van der Waals surface area (Å²) in [7, 11) is 1.63. The van der Waals surface area contributed by atoms with Crippen molar-refractivity contribution in [3.8, 4) is 0 Å². The van der Waals surface area contributed by atoms with Crippen molar-refractivity contribution in [2.45, 2.75) is 19.1 Å². The summed E-state index contributed by atoms with van der Waals surface area (Å²) in [4.78, 5) is 0. The number of ether oxygens (including phenoxy) is 2. The van der Waals surface area contributed by atoms with Gasteiger partial charge in [0, 0.05) is 20.2 Å². The smallest absolute Gasteiger partial charge is 0.0897 e. The first kappa shape index (κ1) is 13.6. The fraction of sp³-hybridized carbons (Fsp3) is 0.800. The fourth-order valence-electron chi connectivity index (χ4n) is 0.969. The van der Waals surface area contributed by atoms with Gasteiger partial charge in [-0.15, -0.1) is 6.58 Å². The Labute approximate surface area is 85.9 Å². The van der Waals surface area contributed by atoms with Gasteiger partial charge in [0.05, 0.1) is 25.4 Å². The monoisotopic (exact) mass is 203 g/mol. The first-order chi connectivity index (χ1) is 6.70. The Balaban J connectivity index is 3.33. The van der Waals surface area contributed by atoms with Crippen molar-refractivity contribution in [2.24, 2.45) is 0 Å². The number of hydrogen-bond acceptors (Lipinski definition) is 4. The predicted octanol–water partition coefficient (Wildman–Crippen LogP) is 0.174. The van der Waals surface area contributed by atoms with Crippen molar-refractivity contribution in [1.82, 2.24) is 5.32 Å². The highest BCUT2D eigenvalue weighted by molar-refractivity contribution is 4.71. The molecule has 14 heavy (non-hydrogen) atoms. The van der Waals surface area contributed by atoms with Gasteiger partial charge in [-0.3, -0.25) is 0 Å². The van der Waals surface area contributed by atoms with E-state index in [0.29, 0.717) is 26.3 Å². The van der Waals surface area contributed by atoms with Gasteiger partial charge in [0.15, 0.2) is 0 Å². The maximum Gasteiger partial charge on any atom is 0.0897 e. The van der Waals surface area contributed by atoms with Gasteiger partial charge < -0.3 is 19.9 Å². The van der Waals surface area contributed by atoms with E-state index in [1.807, 2.05) is 6.92 Å². The molecule has 0 aromatic rings. The highest BCUT2D eigenvalue weighted by atomic mass is 16.5. The average Bonchev–Trinajstić information content (AvgIpc) is 2.16. The molecule has 0 saturated heterocycles. The summed E-state index contributed by atoms with van der Waals surface area (Å²) in [6, 6.07) is 0. The molecule has 0 radical (unpaired) electrons. The maximum absolute atomic E-state index is 9.43. The standard InChI is InChI=1S/C10H21NO3/c1-4-5-11-6-10(12)8-14-9(2)7-13-3/h4,9-12H,1,5-8H2,2-3H3. The number of hydrogen-bond donors (Lipinski definition) is 2. The van der Waals surface area contributed by atoms with Gasteiger partial charge in [0.2, 0.25) is 0 Å². The Hall–Kier alpha value is -0.420. The molecule has 0 spiro atoms. The van der Waals surface area contributed by atoms with Gasteiger partial charge in [0.1, 0.15) is 0 Å². The topological polar surface area (TPSA) is 50.7 Å². The summed E-state index contributed by atoms with van der Waals surface area (Å²) in [5.41, 5.74) is 0. The van der Waals surface area contributed by atoms with Crippen molar-refractivity contribution >= 4 is 0 Å². The molecule has 0 aliphatic rings. The minimum Gasteiger partial charge on any atom is -0.389 e. The Morgan fingerprint density at radius 2 is 2.21 bits per heavy atom. The summed E-state index contributed by atoms with van der Waals surface area (Å²) in [6.07, 6.45) is 1.30. The third kappa shape index (κ3) is 8.19. The van der Waals surface area contributed by atoms with Gasteiger partial charge in [0.25, 0.3) is 0 Å². The first-order valence-electron chi connectivity index (χ1n) is 4.81. The Kier molecular flexibility index (Phi) is 8.87. The van der Waals surface area contributed by atoms with Crippen molar-refractivity contribution in [3.63, 3.8) is 0 Å². The molecule has 0 fully saturated rings. The van der Waals surface area contributed by atoms with E-state index in [4.69, 9.17) is 9.47 Å². The molecule has 0 heterocycles. The third-order valence-electron chi connectivity index (χ3n) is 1.64. The van der Waals surface area contributed by atoms with Crippen LogP contribution in [0, 0.1) is 0 Å². The summed E-state index contributed by atoms with van der Waals surface area (Å²) in [6.45, 7) is 7.57. The summed E-state index contributed by atoms with van der Waals surface area (Å²) < 4.78 is 10.2. The van der Waals surface area contributed by atoms with Crippen molar-refractivity contribution in [1.29, 1.82) is 0 Å². The molecule has 2 atom stereocenters. The van der Waals surface area contributed by atoms with E-state index in [1.54, 1.807) is 13.2 Å². The largest absolute Gasteiger partial charge is 0.389 e. The van der Waals surface area contributed by atoms with Crippen LogP contribution < -0.4 is 5.32 Å². The van der Waals surface area contributed by atoms with Crippen LogP contribution >= 0.6 is 0 Å². The third-order valence-corrected chi connectivity index (χ3v) is 1.64. The second-order valence-corrected chi connectivity index (χ2v) is 3.20. The number of rotatable bonds is 9. The number of aliphatic hydroxyl groups excluding tert-OH is 1. The van der Waals surface area contributed by atoms with Crippen molar-refractivity contribution < 1.29 is 14.6 Å². The Morgan fingerprint density at radius 1 is 1.50 bits per heavy atom. The van der Waals surface area contributed by atoms with E-state index >= 15 is 0 Å². The number of aliphatic hydroxyl groups is 1. The van der Waals surface area contributed by atoms with Crippen LogP contribution in [0.3, 0.4) is 0 Å². The molecule has 0 amide bonds. The van der Waals surface area contributed by atoms with Crippen LogP contribution in [0.2, 0.25) is 0 Å². The molecule has 0 aliphatic heterocycles. The highest BCUT2D eigenvalue weighted by Gasteiger charge is 2.06. The zero-order valence-electron chi connectivity index (χ0n) is 9.03. The van der Waals surface area contributed by atoms with Gasteiger partial charge in [-0.1, -0.05) is 6.08 Å². The molecule has 2 unspecified atom stereocenters. The van der Waals surface area contributed by atoms with Crippen LogP contribution in [0.25, 0.3) is 0 Å². The second-order valence-electron chi connectivity index (χ2n) is 3.20. The van der Waals surface area contributed by atoms with E-state index in [0.717, 1.165) is 0 Å². The van der Waals surface area contributed by atoms with E-state index in [1.165, 1.54) is 0 Å². The molecular weight excluding hydrogens is 182 g/mol. The van der Waals surface area contributed by atoms with E-state index in [2.05, 4.69) is 11.9 Å². The zero-order chi connectivity index (χ0) is 10.8. The molecular formula is C10H21NO3. The molecule has 0 aromatic carbocycles.